The summed E-state index contributed by atoms with van der Waals surface area (Å²) in [6.07, 6.45) is 2.74. The first-order valence-corrected chi connectivity index (χ1v) is 4.04. The molecule has 0 saturated heterocycles. The van der Waals surface area contributed by atoms with E-state index in [9.17, 15) is 5.21 Å². The molecule has 4 nitrogen and oxygen atoms in total. The van der Waals surface area contributed by atoms with Gasteiger partial charge in [0.05, 0.1) is 0 Å². The standard InChI is InChI=1S/C8H6ClN3O/c9-7-2-1-3-8(6-7)12-10-4-5-11(12)13/h1-6H. The van der Waals surface area contributed by atoms with Gasteiger partial charge < -0.3 is 5.21 Å². The molecule has 0 unspecified atom stereocenters. The van der Waals surface area contributed by atoms with Gasteiger partial charge in [0.1, 0.15) is 5.69 Å². The highest BCUT2D eigenvalue weighted by molar-refractivity contribution is 6.30. The largest absolute Gasteiger partial charge is 0.692 e. The van der Waals surface area contributed by atoms with E-state index in [2.05, 4.69) is 5.10 Å². The minimum Gasteiger partial charge on any atom is -0.692 e. The average molecular weight is 196 g/mol. The average Bonchev–Trinajstić information content (AvgIpc) is 2.51. The third kappa shape index (κ3) is 1.48. The minimum atomic E-state index is 0.577. The lowest BCUT2D eigenvalue weighted by atomic mass is 10.3. The number of benzene rings is 1. The van der Waals surface area contributed by atoms with E-state index >= 15 is 0 Å². The van der Waals surface area contributed by atoms with Crippen molar-refractivity contribution < 1.29 is 4.85 Å². The summed E-state index contributed by atoms with van der Waals surface area (Å²) in [5.74, 6) is 0. The molecule has 66 valence electrons. The molecule has 1 aromatic carbocycles. The van der Waals surface area contributed by atoms with Crippen LogP contribution in [0.1, 0.15) is 0 Å². The van der Waals surface area contributed by atoms with Gasteiger partial charge in [-0.1, -0.05) is 17.7 Å². The van der Waals surface area contributed by atoms with Crippen LogP contribution in [0, 0.1) is 5.21 Å². The Bertz CT molecular complexity index is 427. The molecule has 2 aromatic rings. The first-order valence-electron chi connectivity index (χ1n) is 3.67. The zero-order valence-electron chi connectivity index (χ0n) is 6.59. The second-order valence-corrected chi connectivity index (χ2v) is 2.92. The van der Waals surface area contributed by atoms with E-state index in [4.69, 9.17) is 11.6 Å². The summed E-state index contributed by atoms with van der Waals surface area (Å²) in [7, 11) is 0. The zero-order valence-corrected chi connectivity index (χ0v) is 7.35. The zero-order chi connectivity index (χ0) is 9.26. The molecular formula is C8H6ClN3O. The summed E-state index contributed by atoms with van der Waals surface area (Å²) in [5, 5.41) is 15.5. The maximum Gasteiger partial charge on any atom is 0.207 e. The molecule has 0 saturated carbocycles. The fourth-order valence-corrected chi connectivity index (χ4v) is 1.23. The second-order valence-electron chi connectivity index (χ2n) is 2.49. The summed E-state index contributed by atoms with van der Waals surface area (Å²) in [5.41, 5.74) is 0.646. The van der Waals surface area contributed by atoms with Crippen LogP contribution in [0.5, 0.6) is 0 Å². The van der Waals surface area contributed by atoms with Crippen LogP contribution in [0.2, 0.25) is 5.02 Å². The van der Waals surface area contributed by atoms with Crippen LogP contribution in [0.4, 0.5) is 0 Å². The van der Waals surface area contributed by atoms with Crippen molar-refractivity contribution in [2.75, 3.05) is 0 Å². The summed E-state index contributed by atoms with van der Waals surface area (Å²) >= 11 is 5.76. The van der Waals surface area contributed by atoms with E-state index in [1.165, 1.54) is 17.2 Å². The van der Waals surface area contributed by atoms with Crippen LogP contribution in [-0.2, 0) is 0 Å². The van der Waals surface area contributed by atoms with E-state index in [1.54, 1.807) is 24.3 Å². The normalized spacial score (nSPS) is 10.2. The van der Waals surface area contributed by atoms with Crippen molar-refractivity contribution in [3.8, 4) is 5.69 Å². The maximum absolute atomic E-state index is 11.1. The van der Waals surface area contributed by atoms with Gasteiger partial charge in [0, 0.05) is 10.1 Å². The maximum atomic E-state index is 11.1. The van der Waals surface area contributed by atoms with Gasteiger partial charge in [0.15, 0.2) is 6.20 Å². The van der Waals surface area contributed by atoms with Gasteiger partial charge in [0.2, 0.25) is 6.20 Å². The summed E-state index contributed by atoms with van der Waals surface area (Å²) in [6.45, 7) is 0. The Balaban J connectivity index is 2.53. The van der Waals surface area contributed by atoms with Gasteiger partial charge in [-0.25, -0.2) is 0 Å². The van der Waals surface area contributed by atoms with Gasteiger partial charge in [-0.3, -0.25) is 0 Å². The van der Waals surface area contributed by atoms with Gasteiger partial charge in [0.25, 0.3) is 0 Å². The van der Waals surface area contributed by atoms with Crippen molar-refractivity contribution >= 4 is 11.6 Å². The van der Waals surface area contributed by atoms with Crippen LogP contribution >= 0.6 is 11.6 Å². The molecule has 1 heterocycles. The molecule has 13 heavy (non-hydrogen) atoms. The van der Waals surface area contributed by atoms with E-state index in [-0.39, 0.29) is 0 Å². The topological polar surface area (TPSA) is 44.8 Å². The van der Waals surface area contributed by atoms with Crippen molar-refractivity contribution in [2.24, 2.45) is 0 Å². The van der Waals surface area contributed by atoms with Crippen LogP contribution in [0.3, 0.4) is 0 Å². The molecule has 0 amide bonds. The molecule has 0 aliphatic heterocycles. The fourth-order valence-electron chi connectivity index (χ4n) is 1.05. The molecule has 1 aromatic heterocycles. The van der Waals surface area contributed by atoms with E-state index in [0.29, 0.717) is 15.6 Å². The fraction of sp³-hybridized carbons (Fsp3) is 0. The third-order valence-electron chi connectivity index (χ3n) is 1.60. The van der Waals surface area contributed by atoms with Crippen LogP contribution < -0.4 is 4.85 Å². The Morgan fingerprint density at radius 2 is 2.31 bits per heavy atom. The molecule has 0 aliphatic rings. The third-order valence-corrected chi connectivity index (χ3v) is 1.83. The van der Waals surface area contributed by atoms with E-state index in [1.807, 2.05) is 0 Å². The highest BCUT2D eigenvalue weighted by atomic mass is 35.5. The van der Waals surface area contributed by atoms with Crippen molar-refractivity contribution in [1.82, 2.24) is 9.90 Å². The quantitative estimate of drug-likeness (QED) is 0.506. The van der Waals surface area contributed by atoms with E-state index in [0.717, 1.165) is 0 Å². The van der Waals surface area contributed by atoms with Gasteiger partial charge in [-0.05, 0) is 23.0 Å². The number of halogens is 1. The highest BCUT2D eigenvalue weighted by Crippen LogP contribution is 2.11. The molecule has 0 aliphatic carbocycles. The Morgan fingerprint density at radius 1 is 1.46 bits per heavy atom. The number of nitrogens with zero attached hydrogens (tertiary/aromatic N) is 3. The van der Waals surface area contributed by atoms with Crippen LogP contribution in [0.15, 0.2) is 36.7 Å². The second kappa shape index (κ2) is 3.06. The van der Waals surface area contributed by atoms with Gasteiger partial charge in [-0.2, -0.15) is 4.85 Å². The van der Waals surface area contributed by atoms with Crippen LogP contribution in [-0.4, -0.2) is 9.90 Å². The van der Waals surface area contributed by atoms with E-state index < -0.39 is 0 Å². The Labute approximate surface area is 79.5 Å². The minimum absolute atomic E-state index is 0.577. The predicted octanol–water partition coefficient (Wildman–Crippen LogP) is 1.16. The molecule has 0 atom stereocenters. The molecule has 0 radical (unpaired) electrons. The molecule has 0 bridgehead atoms. The molecule has 0 fully saturated rings. The molecule has 5 heteroatoms. The van der Waals surface area contributed by atoms with Crippen molar-refractivity contribution in [3.05, 3.63) is 46.9 Å². The Kier molecular flexibility index (Phi) is 1.90. The predicted molar refractivity (Wildman–Crippen MR) is 47.5 cm³/mol. The molecule has 0 N–H and O–H groups in total. The number of hydrogen-bond donors (Lipinski definition) is 0. The molecular weight excluding hydrogens is 190 g/mol. The number of aromatic nitrogens is 3. The summed E-state index contributed by atoms with van der Waals surface area (Å²) in [4.78, 5) is 1.84. The Hall–Kier alpha value is -1.55. The Morgan fingerprint density at radius 3 is 2.92 bits per heavy atom. The van der Waals surface area contributed by atoms with Crippen molar-refractivity contribution in [2.45, 2.75) is 0 Å². The first kappa shape index (κ1) is 8.07. The SMILES string of the molecule is [O-][n+]1ccnn1-c1cccc(Cl)c1. The lowest BCUT2D eigenvalue weighted by Crippen LogP contribution is -2.36. The highest BCUT2D eigenvalue weighted by Gasteiger charge is 2.05. The van der Waals surface area contributed by atoms with Crippen molar-refractivity contribution in [1.29, 1.82) is 0 Å². The summed E-state index contributed by atoms with van der Waals surface area (Å²) in [6, 6.07) is 6.93. The van der Waals surface area contributed by atoms with Crippen molar-refractivity contribution in [3.63, 3.8) is 0 Å². The van der Waals surface area contributed by atoms with Crippen LogP contribution in [0.25, 0.3) is 5.69 Å². The number of hydrogen-bond acceptors (Lipinski definition) is 2. The smallest absolute Gasteiger partial charge is 0.207 e. The molecule has 2 rings (SSSR count). The first-order chi connectivity index (χ1) is 6.27. The monoisotopic (exact) mass is 195 g/mol. The molecule has 0 spiro atoms. The lowest BCUT2D eigenvalue weighted by Gasteiger charge is -2.02. The van der Waals surface area contributed by atoms with Gasteiger partial charge >= 0.3 is 0 Å². The summed E-state index contributed by atoms with van der Waals surface area (Å²) < 4.78 is 0. The lowest BCUT2D eigenvalue weighted by molar-refractivity contribution is -0.688. The van der Waals surface area contributed by atoms with Gasteiger partial charge in [-0.15, -0.1) is 0 Å². The number of rotatable bonds is 1.